The summed E-state index contributed by atoms with van der Waals surface area (Å²) < 4.78 is 9.70. The van der Waals surface area contributed by atoms with Gasteiger partial charge in [0.25, 0.3) is 0 Å². The summed E-state index contributed by atoms with van der Waals surface area (Å²) in [5.74, 6) is -0.696. The number of hydrogen-bond acceptors (Lipinski definition) is 5. The predicted molar refractivity (Wildman–Crippen MR) is 77.2 cm³/mol. The standard InChI is InChI=1S/C14H26N2O5/c1-6-10-16(13(19)21-14(2,3)4)15-11(17)8-7-9-12(18)20-5/h6-10H2,1-5H3,(H,15,17). The van der Waals surface area contributed by atoms with Gasteiger partial charge in [0, 0.05) is 19.4 Å². The molecule has 0 rings (SSSR count). The average Bonchev–Trinajstić information content (AvgIpc) is 2.35. The molecule has 0 aromatic rings. The summed E-state index contributed by atoms with van der Waals surface area (Å²) in [7, 11) is 1.30. The van der Waals surface area contributed by atoms with Crippen LogP contribution in [0.5, 0.6) is 0 Å². The molecule has 0 fully saturated rings. The first kappa shape index (κ1) is 19.2. The van der Waals surface area contributed by atoms with Crippen molar-refractivity contribution in [3.05, 3.63) is 0 Å². The number of ether oxygens (including phenoxy) is 2. The summed E-state index contributed by atoms with van der Waals surface area (Å²) in [6.07, 6.45) is 0.766. The van der Waals surface area contributed by atoms with Gasteiger partial charge in [-0.3, -0.25) is 15.0 Å². The molecule has 2 amide bonds. The van der Waals surface area contributed by atoms with E-state index in [0.717, 1.165) is 5.01 Å². The lowest BCUT2D eigenvalue weighted by atomic mass is 10.2. The first-order valence-corrected chi connectivity index (χ1v) is 7.06. The summed E-state index contributed by atoms with van der Waals surface area (Å²) in [4.78, 5) is 34.6. The van der Waals surface area contributed by atoms with Crippen molar-refractivity contribution in [1.29, 1.82) is 0 Å². The van der Waals surface area contributed by atoms with Crippen molar-refractivity contribution in [1.82, 2.24) is 10.4 Å². The number of carbonyl (C=O) groups is 3. The Morgan fingerprint density at radius 1 is 1.14 bits per heavy atom. The lowest BCUT2D eigenvalue weighted by Crippen LogP contribution is -2.48. The van der Waals surface area contributed by atoms with Crippen LogP contribution in [0.25, 0.3) is 0 Å². The molecule has 0 aliphatic carbocycles. The maximum atomic E-state index is 11.9. The molecule has 0 heterocycles. The fourth-order valence-corrected chi connectivity index (χ4v) is 1.44. The van der Waals surface area contributed by atoms with Gasteiger partial charge in [0.05, 0.1) is 7.11 Å². The number of hydrazine groups is 1. The van der Waals surface area contributed by atoms with E-state index in [4.69, 9.17) is 4.74 Å². The van der Waals surface area contributed by atoms with Gasteiger partial charge >= 0.3 is 12.1 Å². The number of nitrogens with zero attached hydrogens (tertiary/aromatic N) is 1. The molecule has 7 heteroatoms. The Morgan fingerprint density at radius 3 is 2.24 bits per heavy atom. The second-order valence-corrected chi connectivity index (χ2v) is 5.60. The molecule has 1 N–H and O–H groups in total. The highest BCUT2D eigenvalue weighted by atomic mass is 16.6. The van der Waals surface area contributed by atoms with Crippen LogP contribution in [0.4, 0.5) is 4.79 Å². The van der Waals surface area contributed by atoms with E-state index in [0.29, 0.717) is 19.4 Å². The van der Waals surface area contributed by atoms with Gasteiger partial charge < -0.3 is 9.47 Å². The summed E-state index contributed by atoms with van der Waals surface area (Å²) in [6, 6.07) is 0. The molecule has 0 aromatic heterocycles. The number of methoxy groups -OCH3 is 1. The van der Waals surface area contributed by atoms with Gasteiger partial charge in [-0.15, -0.1) is 0 Å². The van der Waals surface area contributed by atoms with E-state index < -0.39 is 11.7 Å². The smallest absolute Gasteiger partial charge is 0.429 e. The van der Waals surface area contributed by atoms with Crippen molar-refractivity contribution in [2.24, 2.45) is 0 Å². The average molecular weight is 302 g/mol. The molecule has 0 saturated heterocycles. The largest absolute Gasteiger partial charge is 0.469 e. The molecule has 0 radical (unpaired) electrons. The molecule has 0 bridgehead atoms. The second kappa shape index (κ2) is 9.20. The molecular formula is C14H26N2O5. The Balaban J connectivity index is 4.32. The third-order valence-electron chi connectivity index (χ3n) is 2.33. The van der Waals surface area contributed by atoms with Gasteiger partial charge in [-0.2, -0.15) is 0 Å². The first-order chi connectivity index (χ1) is 9.69. The first-order valence-electron chi connectivity index (χ1n) is 7.06. The van der Waals surface area contributed by atoms with E-state index in [-0.39, 0.29) is 24.7 Å². The fraction of sp³-hybridized carbons (Fsp3) is 0.786. The molecule has 0 atom stereocenters. The van der Waals surface area contributed by atoms with Gasteiger partial charge in [0.2, 0.25) is 5.91 Å². The van der Waals surface area contributed by atoms with Gasteiger partial charge in [-0.25, -0.2) is 9.80 Å². The van der Waals surface area contributed by atoms with E-state index in [9.17, 15) is 14.4 Å². The van der Waals surface area contributed by atoms with Gasteiger partial charge in [0.15, 0.2) is 0 Å². The predicted octanol–water partition coefficient (Wildman–Crippen LogP) is 2.01. The Morgan fingerprint density at radius 2 is 1.76 bits per heavy atom. The number of rotatable bonds is 6. The lowest BCUT2D eigenvalue weighted by Gasteiger charge is -2.27. The van der Waals surface area contributed by atoms with Gasteiger partial charge in [-0.1, -0.05) is 6.92 Å². The molecular weight excluding hydrogens is 276 g/mol. The quantitative estimate of drug-likeness (QED) is 0.599. The van der Waals surface area contributed by atoms with E-state index in [1.165, 1.54) is 7.11 Å². The SMILES string of the molecule is CCCN(NC(=O)CCCC(=O)OC)C(=O)OC(C)(C)C. The summed E-state index contributed by atoms with van der Waals surface area (Å²) in [5, 5.41) is 1.16. The van der Waals surface area contributed by atoms with Crippen LogP contribution in [-0.2, 0) is 19.1 Å². The number of esters is 1. The Kier molecular flexibility index (Phi) is 8.42. The highest BCUT2D eigenvalue weighted by molar-refractivity contribution is 5.79. The van der Waals surface area contributed by atoms with E-state index in [2.05, 4.69) is 10.2 Å². The molecule has 0 unspecified atom stereocenters. The molecule has 0 saturated carbocycles. The second-order valence-electron chi connectivity index (χ2n) is 5.60. The molecule has 0 aromatic carbocycles. The third kappa shape index (κ3) is 9.70. The summed E-state index contributed by atoms with van der Waals surface area (Å²) >= 11 is 0. The van der Waals surface area contributed by atoms with Crippen LogP contribution in [0.2, 0.25) is 0 Å². The zero-order valence-electron chi connectivity index (χ0n) is 13.5. The highest BCUT2D eigenvalue weighted by Gasteiger charge is 2.23. The van der Waals surface area contributed by atoms with Crippen LogP contribution in [0.3, 0.4) is 0 Å². The van der Waals surface area contributed by atoms with Crippen LogP contribution >= 0.6 is 0 Å². The number of carbonyl (C=O) groups excluding carboxylic acids is 3. The molecule has 0 aliphatic rings. The lowest BCUT2D eigenvalue weighted by molar-refractivity contribution is -0.140. The van der Waals surface area contributed by atoms with Gasteiger partial charge in [-0.05, 0) is 33.6 Å². The number of hydrogen-bond donors (Lipinski definition) is 1. The van der Waals surface area contributed by atoms with E-state index in [1.807, 2.05) is 6.92 Å². The van der Waals surface area contributed by atoms with Crippen LogP contribution in [0.1, 0.15) is 53.4 Å². The van der Waals surface area contributed by atoms with Crippen LogP contribution in [0, 0.1) is 0 Å². The van der Waals surface area contributed by atoms with Crippen molar-refractivity contribution < 1.29 is 23.9 Å². The summed E-state index contributed by atoms with van der Waals surface area (Å²) in [5.41, 5.74) is 1.87. The Hall–Kier alpha value is -1.79. The molecule has 21 heavy (non-hydrogen) atoms. The maximum absolute atomic E-state index is 11.9. The van der Waals surface area contributed by atoms with Crippen molar-refractivity contribution in [3.63, 3.8) is 0 Å². The maximum Gasteiger partial charge on any atom is 0.429 e. The van der Waals surface area contributed by atoms with Crippen molar-refractivity contribution >= 4 is 18.0 Å². The topological polar surface area (TPSA) is 84.9 Å². The minimum atomic E-state index is -0.626. The molecule has 0 spiro atoms. The fourth-order valence-electron chi connectivity index (χ4n) is 1.44. The van der Waals surface area contributed by atoms with Crippen molar-refractivity contribution in [2.75, 3.05) is 13.7 Å². The zero-order chi connectivity index (χ0) is 16.5. The van der Waals surface area contributed by atoms with E-state index in [1.54, 1.807) is 20.8 Å². The monoisotopic (exact) mass is 302 g/mol. The zero-order valence-corrected chi connectivity index (χ0v) is 13.5. The molecule has 122 valence electrons. The van der Waals surface area contributed by atoms with Crippen LogP contribution < -0.4 is 5.43 Å². The Bertz CT molecular complexity index is 363. The summed E-state index contributed by atoms with van der Waals surface area (Å²) in [6.45, 7) is 7.52. The number of nitrogens with one attached hydrogen (secondary N) is 1. The van der Waals surface area contributed by atoms with Crippen molar-refractivity contribution in [3.8, 4) is 0 Å². The molecule has 7 nitrogen and oxygen atoms in total. The minimum absolute atomic E-state index is 0.137. The molecule has 0 aliphatic heterocycles. The van der Waals surface area contributed by atoms with Gasteiger partial charge in [0.1, 0.15) is 5.60 Å². The number of amides is 2. The van der Waals surface area contributed by atoms with Crippen molar-refractivity contribution in [2.45, 2.75) is 59.0 Å². The van der Waals surface area contributed by atoms with Crippen LogP contribution in [-0.4, -0.2) is 42.2 Å². The van der Waals surface area contributed by atoms with E-state index >= 15 is 0 Å². The highest BCUT2D eigenvalue weighted by Crippen LogP contribution is 2.09. The van der Waals surface area contributed by atoms with Crippen LogP contribution in [0.15, 0.2) is 0 Å². The third-order valence-corrected chi connectivity index (χ3v) is 2.33. The Labute approximate surface area is 125 Å². The minimum Gasteiger partial charge on any atom is -0.469 e. The normalized spacial score (nSPS) is 10.7.